The van der Waals surface area contributed by atoms with Gasteiger partial charge in [0.25, 0.3) is 11.8 Å². The van der Waals surface area contributed by atoms with Gasteiger partial charge in [-0.25, -0.2) is 0 Å². The first-order valence-corrected chi connectivity index (χ1v) is 6.47. The molecule has 0 aliphatic heterocycles. The molecule has 0 unspecified atom stereocenters. The van der Waals surface area contributed by atoms with Crippen molar-refractivity contribution in [3.05, 3.63) is 53.9 Å². The Bertz CT molecular complexity index is 632. The van der Waals surface area contributed by atoms with Gasteiger partial charge in [0, 0.05) is 19.8 Å². The van der Waals surface area contributed by atoms with Crippen LogP contribution in [-0.4, -0.2) is 23.0 Å². The number of nitrogens with zero attached hydrogens (tertiary/aromatic N) is 1. The second-order valence-corrected chi connectivity index (χ2v) is 4.52. The number of nitrogens with one attached hydrogen (secondary N) is 1. The quantitative estimate of drug-likeness (QED) is 0.852. The number of ether oxygens (including phenoxy) is 1. The van der Waals surface area contributed by atoms with Crippen LogP contribution in [0.1, 0.15) is 16.1 Å². The van der Waals surface area contributed by atoms with Crippen molar-refractivity contribution in [2.24, 2.45) is 12.8 Å². The summed E-state index contributed by atoms with van der Waals surface area (Å²) in [6, 6.07) is 10.5. The second kappa shape index (κ2) is 6.71. The Labute approximate surface area is 122 Å². The van der Waals surface area contributed by atoms with Crippen molar-refractivity contribution < 1.29 is 14.3 Å². The third kappa shape index (κ3) is 3.93. The van der Waals surface area contributed by atoms with Gasteiger partial charge >= 0.3 is 0 Å². The van der Waals surface area contributed by atoms with Gasteiger partial charge in [0.1, 0.15) is 11.4 Å². The fraction of sp³-hybridized carbons (Fsp3) is 0.200. The van der Waals surface area contributed by atoms with Crippen molar-refractivity contribution in [1.82, 2.24) is 9.88 Å². The molecule has 2 amide bonds. The minimum absolute atomic E-state index is 0.224. The fourth-order valence-corrected chi connectivity index (χ4v) is 1.79. The van der Waals surface area contributed by atoms with Gasteiger partial charge in [0.15, 0.2) is 6.61 Å². The zero-order chi connectivity index (χ0) is 15.2. The maximum Gasteiger partial charge on any atom is 0.274 e. The first-order chi connectivity index (χ1) is 10.1. The molecule has 110 valence electrons. The summed E-state index contributed by atoms with van der Waals surface area (Å²) in [5, 5.41) is 2.27. The van der Waals surface area contributed by atoms with Crippen LogP contribution in [0.3, 0.4) is 0 Å². The lowest BCUT2D eigenvalue weighted by Gasteiger charge is -2.07. The average molecular weight is 287 g/mol. The van der Waals surface area contributed by atoms with E-state index in [1.807, 2.05) is 12.1 Å². The highest BCUT2D eigenvalue weighted by atomic mass is 16.5. The topological polar surface area (TPSA) is 86.3 Å². The van der Waals surface area contributed by atoms with Crippen LogP contribution in [0.15, 0.2) is 42.6 Å². The molecular weight excluding hydrogens is 270 g/mol. The van der Waals surface area contributed by atoms with Gasteiger partial charge in [0.2, 0.25) is 0 Å². The molecule has 0 saturated carbocycles. The molecule has 21 heavy (non-hydrogen) atoms. The number of benzene rings is 1. The van der Waals surface area contributed by atoms with Gasteiger partial charge in [-0.3, -0.25) is 14.9 Å². The van der Waals surface area contributed by atoms with E-state index in [0.717, 1.165) is 5.56 Å². The Morgan fingerprint density at radius 2 is 1.95 bits per heavy atom. The molecular formula is C15H17N3O3. The predicted molar refractivity (Wildman–Crippen MR) is 77.7 cm³/mol. The molecule has 1 aromatic heterocycles. The number of carbonyl (C=O) groups is 2. The summed E-state index contributed by atoms with van der Waals surface area (Å²) in [5.74, 6) is -0.396. The van der Waals surface area contributed by atoms with Crippen LogP contribution in [0.25, 0.3) is 0 Å². The van der Waals surface area contributed by atoms with E-state index in [4.69, 9.17) is 10.5 Å². The maximum absolute atomic E-state index is 11.8. The Morgan fingerprint density at radius 3 is 2.52 bits per heavy atom. The Kier molecular flexibility index (Phi) is 4.73. The average Bonchev–Trinajstić information content (AvgIpc) is 2.92. The lowest BCUT2D eigenvalue weighted by molar-refractivity contribution is -0.122. The summed E-state index contributed by atoms with van der Waals surface area (Å²) in [4.78, 5) is 23.5. The lowest BCUT2D eigenvalue weighted by Crippen LogP contribution is -2.35. The van der Waals surface area contributed by atoms with Gasteiger partial charge < -0.3 is 15.0 Å². The maximum atomic E-state index is 11.8. The highest BCUT2D eigenvalue weighted by molar-refractivity contribution is 6.04. The van der Waals surface area contributed by atoms with Crippen LogP contribution >= 0.6 is 0 Å². The van der Waals surface area contributed by atoms with Crippen molar-refractivity contribution >= 4 is 11.8 Å². The van der Waals surface area contributed by atoms with Gasteiger partial charge in [-0.1, -0.05) is 12.1 Å². The van der Waals surface area contributed by atoms with Crippen molar-refractivity contribution in [2.45, 2.75) is 6.54 Å². The number of hydrogen-bond donors (Lipinski definition) is 2. The molecule has 0 fully saturated rings. The van der Waals surface area contributed by atoms with E-state index in [-0.39, 0.29) is 6.61 Å². The summed E-state index contributed by atoms with van der Waals surface area (Å²) < 4.78 is 6.94. The molecule has 2 aromatic rings. The molecule has 3 N–H and O–H groups in total. The zero-order valence-electron chi connectivity index (χ0n) is 11.7. The van der Waals surface area contributed by atoms with E-state index in [1.54, 1.807) is 42.1 Å². The van der Waals surface area contributed by atoms with E-state index >= 15 is 0 Å². The van der Waals surface area contributed by atoms with Crippen LogP contribution in [0.2, 0.25) is 0 Å². The number of carbonyl (C=O) groups excluding carboxylic acids is 2. The van der Waals surface area contributed by atoms with E-state index in [9.17, 15) is 9.59 Å². The first kappa shape index (κ1) is 14.8. The van der Waals surface area contributed by atoms with Crippen LogP contribution in [0, 0.1) is 0 Å². The highest BCUT2D eigenvalue weighted by Crippen LogP contribution is 2.11. The van der Waals surface area contributed by atoms with Crippen molar-refractivity contribution in [3.63, 3.8) is 0 Å². The standard InChI is InChI=1S/C15H17N3O3/c1-18-8-2-3-13(18)15(20)17-14(19)10-21-12-6-4-11(9-16)5-7-12/h2-8H,9-10,16H2,1H3,(H,17,19,20). The van der Waals surface area contributed by atoms with Crippen molar-refractivity contribution in [3.8, 4) is 5.75 Å². The van der Waals surface area contributed by atoms with Gasteiger partial charge in [-0.05, 0) is 29.8 Å². The summed E-state index contributed by atoms with van der Waals surface area (Å²) in [7, 11) is 1.73. The van der Waals surface area contributed by atoms with E-state index in [0.29, 0.717) is 18.0 Å². The number of aromatic nitrogens is 1. The zero-order valence-corrected chi connectivity index (χ0v) is 11.7. The number of amides is 2. The number of hydrogen-bond acceptors (Lipinski definition) is 4. The Balaban J connectivity index is 1.84. The third-order valence-electron chi connectivity index (χ3n) is 2.96. The van der Waals surface area contributed by atoms with E-state index in [1.165, 1.54) is 0 Å². The minimum atomic E-state index is -0.496. The van der Waals surface area contributed by atoms with Gasteiger partial charge in [-0.2, -0.15) is 0 Å². The molecule has 0 radical (unpaired) electrons. The van der Waals surface area contributed by atoms with Crippen molar-refractivity contribution in [2.75, 3.05) is 6.61 Å². The largest absolute Gasteiger partial charge is 0.484 e. The molecule has 2 rings (SSSR count). The van der Waals surface area contributed by atoms with E-state index < -0.39 is 11.8 Å². The normalized spacial score (nSPS) is 10.2. The summed E-state index contributed by atoms with van der Waals surface area (Å²) in [5.41, 5.74) is 6.88. The summed E-state index contributed by atoms with van der Waals surface area (Å²) in [6.45, 7) is 0.226. The minimum Gasteiger partial charge on any atom is -0.484 e. The Morgan fingerprint density at radius 1 is 1.24 bits per heavy atom. The molecule has 1 heterocycles. The molecule has 6 heteroatoms. The molecule has 0 atom stereocenters. The van der Waals surface area contributed by atoms with Crippen molar-refractivity contribution in [1.29, 1.82) is 0 Å². The fourth-order valence-electron chi connectivity index (χ4n) is 1.79. The number of imide groups is 1. The van der Waals surface area contributed by atoms with E-state index in [2.05, 4.69) is 5.32 Å². The van der Waals surface area contributed by atoms with Crippen LogP contribution in [0.5, 0.6) is 5.75 Å². The molecule has 0 aliphatic carbocycles. The molecule has 6 nitrogen and oxygen atoms in total. The molecule has 0 spiro atoms. The highest BCUT2D eigenvalue weighted by Gasteiger charge is 2.13. The predicted octanol–water partition coefficient (Wildman–Crippen LogP) is 0.819. The Hall–Kier alpha value is -2.60. The van der Waals surface area contributed by atoms with Gasteiger partial charge in [0.05, 0.1) is 0 Å². The SMILES string of the molecule is Cn1cccc1C(=O)NC(=O)COc1ccc(CN)cc1. The summed E-state index contributed by atoms with van der Waals surface area (Å²) in [6.07, 6.45) is 1.73. The van der Waals surface area contributed by atoms with Crippen LogP contribution in [-0.2, 0) is 18.4 Å². The van der Waals surface area contributed by atoms with Crippen LogP contribution in [0.4, 0.5) is 0 Å². The second-order valence-electron chi connectivity index (χ2n) is 4.52. The monoisotopic (exact) mass is 287 g/mol. The molecule has 0 aliphatic rings. The summed E-state index contributed by atoms with van der Waals surface area (Å²) >= 11 is 0. The number of rotatable bonds is 5. The molecule has 1 aromatic carbocycles. The molecule has 0 bridgehead atoms. The number of nitrogens with two attached hydrogens (primary N) is 1. The molecule has 0 saturated heterocycles. The number of aryl methyl sites for hydroxylation is 1. The third-order valence-corrected chi connectivity index (χ3v) is 2.96. The van der Waals surface area contributed by atoms with Gasteiger partial charge in [-0.15, -0.1) is 0 Å². The smallest absolute Gasteiger partial charge is 0.274 e. The first-order valence-electron chi connectivity index (χ1n) is 6.47. The lowest BCUT2D eigenvalue weighted by atomic mass is 10.2. The van der Waals surface area contributed by atoms with Crippen LogP contribution < -0.4 is 15.8 Å².